The highest BCUT2D eigenvalue weighted by Gasteiger charge is 2.26. The third-order valence-electron chi connectivity index (χ3n) is 5.14. The second-order valence-electron chi connectivity index (χ2n) is 6.98. The first-order valence-electron chi connectivity index (χ1n) is 9.50. The molecule has 2 aromatic carbocycles. The average molecular weight is 379 g/mol. The van der Waals surface area contributed by atoms with E-state index in [1.807, 2.05) is 60.9 Å². The van der Waals surface area contributed by atoms with E-state index in [0.29, 0.717) is 18.1 Å². The third kappa shape index (κ3) is 3.88. The fraction of sp³-hybridized carbons (Fsp3) is 0.318. The van der Waals surface area contributed by atoms with Crippen LogP contribution in [-0.4, -0.2) is 41.0 Å². The lowest BCUT2D eigenvalue weighted by Gasteiger charge is -2.16. The zero-order chi connectivity index (χ0) is 19.3. The Hall–Kier alpha value is -2.83. The van der Waals surface area contributed by atoms with Gasteiger partial charge in [0.15, 0.2) is 11.5 Å². The molecule has 0 aliphatic carbocycles. The van der Waals surface area contributed by atoms with Crippen LogP contribution in [0.2, 0.25) is 0 Å². The molecule has 0 saturated carbocycles. The Balaban J connectivity index is 1.58. The number of ether oxygens (including phenoxy) is 2. The Morgan fingerprint density at radius 3 is 2.79 bits per heavy atom. The van der Waals surface area contributed by atoms with Crippen LogP contribution < -0.4 is 14.8 Å². The summed E-state index contributed by atoms with van der Waals surface area (Å²) in [6.45, 7) is 1.45. The zero-order valence-corrected chi connectivity index (χ0v) is 15.9. The summed E-state index contributed by atoms with van der Waals surface area (Å²) in [6, 6.07) is 16.4. The van der Waals surface area contributed by atoms with E-state index in [1.165, 1.54) is 0 Å². The van der Waals surface area contributed by atoms with Gasteiger partial charge in [-0.25, -0.2) is 4.98 Å². The number of aromatic nitrogens is 2. The maximum atomic E-state index is 9.40. The molecule has 0 radical (unpaired) electrons. The molecule has 146 valence electrons. The fourth-order valence-electron chi connectivity index (χ4n) is 3.64. The van der Waals surface area contributed by atoms with Crippen LogP contribution in [0, 0.1) is 0 Å². The van der Waals surface area contributed by atoms with Crippen LogP contribution in [0.3, 0.4) is 0 Å². The number of rotatable bonds is 7. The molecule has 0 bridgehead atoms. The van der Waals surface area contributed by atoms with Crippen LogP contribution in [0.25, 0.3) is 11.4 Å². The summed E-state index contributed by atoms with van der Waals surface area (Å²) in [5.41, 5.74) is 2.07. The molecular weight excluding hydrogens is 354 g/mol. The van der Waals surface area contributed by atoms with Crippen LogP contribution in [0.5, 0.6) is 11.5 Å². The highest BCUT2D eigenvalue weighted by Crippen LogP contribution is 2.34. The molecule has 4 rings (SSSR count). The molecule has 1 aliphatic rings. The Morgan fingerprint density at radius 1 is 1.18 bits per heavy atom. The molecule has 1 fully saturated rings. The van der Waals surface area contributed by atoms with Crippen LogP contribution in [0.1, 0.15) is 18.0 Å². The number of nitrogens with zero attached hydrogens (tertiary/aromatic N) is 2. The summed E-state index contributed by atoms with van der Waals surface area (Å²) < 4.78 is 13.7. The van der Waals surface area contributed by atoms with Crippen molar-refractivity contribution >= 4 is 0 Å². The van der Waals surface area contributed by atoms with Gasteiger partial charge in [-0.15, -0.1) is 0 Å². The lowest BCUT2D eigenvalue weighted by molar-refractivity contribution is 0.253. The smallest absolute Gasteiger partial charge is 0.162 e. The number of aliphatic hydroxyl groups is 1. The number of nitrogens with one attached hydrogen (secondary N) is 1. The molecule has 2 heterocycles. The molecule has 2 atom stereocenters. The predicted molar refractivity (Wildman–Crippen MR) is 108 cm³/mol. The lowest BCUT2D eigenvalue weighted by atomic mass is 10.1. The maximum Gasteiger partial charge on any atom is 0.162 e. The molecule has 3 aromatic rings. The summed E-state index contributed by atoms with van der Waals surface area (Å²) in [5, 5.41) is 12.7. The second-order valence-corrected chi connectivity index (χ2v) is 6.98. The number of hydrogen-bond acceptors (Lipinski definition) is 5. The van der Waals surface area contributed by atoms with Gasteiger partial charge in [-0.05, 0) is 30.2 Å². The Bertz CT molecular complexity index is 910. The van der Waals surface area contributed by atoms with E-state index in [0.717, 1.165) is 29.9 Å². The molecule has 1 aliphatic heterocycles. The monoisotopic (exact) mass is 379 g/mol. The van der Waals surface area contributed by atoms with E-state index in [2.05, 4.69) is 14.9 Å². The van der Waals surface area contributed by atoms with Crippen LogP contribution >= 0.6 is 0 Å². The number of aliphatic hydroxyl groups excluding tert-OH is 1. The molecule has 2 N–H and O–H groups in total. The number of methoxy groups -OCH3 is 1. The van der Waals surface area contributed by atoms with Gasteiger partial charge < -0.3 is 24.5 Å². The van der Waals surface area contributed by atoms with Crippen molar-refractivity contribution in [3.05, 3.63) is 66.5 Å². The second kappa shape index (κ2) is 8.46. The van der Waals surface area contributed by atoms with Crippen molar-refractivity contribution < 1.29 is 14.6 Å². The van der Waals surface area contributed by atoms with Crippen LogP contribution in [0.15, 0.2) is 60.9 Å². The van der Waals surface area contributed by atoms with Gasteiger partial charge in [0.25, 0.3) is 0 Å². The molecule has 0 unspecified atom stereocenters. The predicted octanol–water partition coefficient (Wildman–Crippen LogP) is 3.03. The quantitative estimate of drug-likeness (QED) is 0.660. The van der Waals surface area contributed by atoms with Gasteiger partial charge in [0.2, 0.25) is 0 Å². The van der Waals surface area contributed by atoms with Crippen molar-refractivity contribution in [3.63, 3.8) is 0 Å². The van der Waals surface area contributed by atoms with Crippen LogP contribution in [0.4, 0.5) is 0 Å². The van der Waals surface area contributed by atoms with E-state index < -0.39 is 0 Å². The SMILES string of the molecule is COc1ccc(-c2nccn2[C@@H]2CN[C@H](CO)C2)cc1OCc1ccccc1. The van der Waals surface area contributed by atoms with Gasteiger partial charge in [0.05, 0.1) is 13.7 Å². The minimum absolute atomic E-state index is 0.140. The van der Waals surface area contributed by atoms with Gasteiger partial charge in [-0.1, -0.05) is 30.3 Å². The van der Waals surface area contributed by atoms with Gasteiger partial charge in [0.1, 0.15) is 12.4 Å². The van der Waals surface area contributed by atoms with E-state index in [4.69, 9.17) is 9.47 Å². The normalized spacial score (nSPS) is 18.9. The van der Waals surface area contributed by atoms with E-state index in [-0.39, 0.29) is 18.7 Å². The van der Waals surface area contributed by atoms with Crippen molar-refractivity contribution in [1.82, 2.24) is 14.9 Å². The third-order valence-corrected chi connectivity index (χ3v) is 5.14. The lowest BCUT2D eigenvalue weighted by Crippen LogP contribution is -2.24. The van der Waals surface area contributed by atoms with E-state index in [9.17, 15) is 5.11 Å². The average Bonchev–Trinajstić information content (AvgIpc) is 3.42. The largest absolute Gasteiger partial charge is 0.493 e. The van der Waals surface area contributed by atoms with E-state index in [1.54, 1.807) is 7.11 Å². The molecular formula is C22H25N3O3. The summed E-state index contributed by atoms with van der Waals surface area (Å²) in [7, 11) is 1.64. The summed E-state index contributed by atoms with van der Waals surface area (Å²) >= 11 is 0. The highest BCUT2D eigenvalue weighted by molar-refractivity contribution is 5.61. The summed E-state index contributed by atoms with van der Waals surface area (Å²) in [6.07, 6.45) is 4.69. The van der Waals surface area contributed by atoms with Gasteiger partial charge in [-0.3, -0.25) is 0 Å². The van der Waals surface area contributed by atoms with Gasteiger partial charge in [-0.2, -0.15) is 0 Å². The first-order chi connectivity index (χ1) is 13.8. The van der Waals surface area contributed by atoms with Crippen molar-refractivity contribution in [3.8, 4) is 22.9 Å². The first kappa shape index (κ1) is 18.5. The highest BCUT2D eigenvalue weighted by atomic mass is 16.5. The standard InChI is InChI=1S/C22H25N3O3/c1-27-20-8-7-17(11-21(20)28-15-16-5-3-2-4-6-16)22-23-9-10-25(22)19-12-18(14-26)24-13-19/h2-11,18-19,24,26H,12-15H2,1H3/t18-,19-/m0/s1. The number of imidazole rings is 1. The summed E-state index contributed by atoms with van der Waals surface area (Å²) in [5.74, 6) is 2.27. The van der Waals surface area contributed by atoms with Gasteiger partial charge >= 0.3 is 0 Å². The molecule has 28 heavy (non-hydrogen) atoms. The maximum absolute atomic E-state index is 9.40. The number of benzene rings is 2. The summed E-state index contributed by atoms with van der Waals surface area (Å²) in [4.78, 5) is 4.57. The molecule has 6 heteroatoms. The van der Waals surface area contributed by atoms with Gasteiger partial charge in [0, 0.05) is 36.6 Å². The number of hydrogen-bond donors (Lipinski definition) is 2. The molecule has 0 amide bonds. The Morgan fingerprint density at radius 2 is 2.04 bits per heavy atom. The molecule has 0 spiro atoms. The fourth-order valence-corrected chi connectivity index (χ4v) is 3.64. The molecule has 6 nitrogen and oxygen atoms in total. The minimum atomic E-state index is 0.140. The first-order valence-corrected chi connectivity index (χ1v) is 9.50. The Kier molecular flexibility index (Phi) is 5.60. The Labute approximate surface area is 164 Å². The van der Waals surface area contributed by atoms with Crippen molar-refractivity contribution in [2.75, 3.05) is 20.3 Å². The van der Waals surface area contributed by atoms with Crippen molar-refractivity contribution in [2.24, 2.45) is 0 Å². The van der Waals surface area contributed by atoms with Crippen LogP contribution in [-0.2, 0) is 6.61 Å². The molecule has 1 aromatic heterocycles. The minimum Gasteiger partial charge on any atom is -0.493 e. The molecule has 1 saturated heterocycles. The zero-order valence-electron chi connectivity index (χ0n) is 15.9. The van der Waals surface area contributed by atoms with E-state index >= 15 is 0 Å². The topological polar surface area (TPSA) is 68.5 Å². The van der Waals surface area contributed by atoms with Crippen molar-refractivity contribution in [2.45, 2.75) is 25.1 Å². The van der Waals surface area contributed by atoms with Crippen molar-refractivity contribution in [1.29, 1.82) is 0 Å².